The zero-order valence-corrected chi connectivity index (χ0v) is 17.7. The Morgan fingerprint density at radius 2 is 1.48 bits per heavy atom. The maximum atomic E-state index is 12.6. The van der Waals surface area contributed by atoms with Gasteiger partial charge < -0.3 is 4.42 Å². The lowest BCUT2D eigenvalue weighted by Crippen LogP contribution is -2.01. The van der Waals surface area contributed by atoms with Crippen molar-refractivity contribution in [2.75, 3.05) is 0 Å². The van der Waals surface area contributed by atoms with Crippen molar-refractivity contribution in [2.45, 2.75) is 0 Å². The molecule has 31 heavy (non-hydrogen) atoms. The lowest BCUT2D eigenvalue weighted by Gasteiger charge is -2.08. The van der Waals surface area contributed by atoms with Crippen LogP contribution in [0, 0.1) is 0 Å². The molecule has 5 aromatic rings. The Hall–Kier alpha value is -3.40. The second kappa shape index (κ2) is 8.03. The second-order valence-corrected chi connectivity index (χ2v) is 7.87. The van der Waals surface area contributed by atoms with Gasteiger partial charge in [-0.05, 0) is 42.0 Å². The molecule has 2 heterocycles. The molecule has 3 aromatic carbocycles. The molecule has 0 fully saturated rings. The summed E-state index contributed by atoms with van der Waals surface area (Å²) >= 11 is 12.6. The fraction of sp³-hybridized carbons (Fsp3) is 0. The molecule has 0 N–H and O–H groups in total. The van der Waals surface area contributed by atoms with Gasteiger partial charge in [0.15, 0.2) is 11.2 Å². The first-order chi connectivity index (χ1) is 15.1. The first-order valence-electron chi connectivity index (χ1n) is 9.65. The van der Waals surface area contributed by atoms with Gasteiger partial charge in [-0.3, -0.25) is 4.79 Å². The number of benzene rings is 3. The summed E-state index contributed by atoms with van der Waals surface area (Å²) in [6.07, 6.45) is 3.83. The van der Waals surface area contributed by atoms with Crippen LogP contribution in [0.15, 0.2) is 88.1 Å². The summed E-state index contributed by atoms with van der Waals surface area (Å²) in [5, 5.41) is 2.65. The molecule has 5 heteroatoms. The van der Waals surface area contributed by atoms with Crippen LogP contribution in [-0.2, 0) is 0 Å². The van der Waals surface area contributed by atoms with Crippen molar-refractivity contribution in [3.63, 3.8) is 0 Å². The van der Waals surface area contributed by atoms with E-state index in [0.717, 1.165) is 22.0 Å². The minimum Gasteiger partial charge on any atom is -0.454 e. The number of pyridine rings is 1. The van der Waals surface area contributed by atoms with Crippen LogP contribution in [0.25, 0.3) is 45.5 Å². The molecule has 0 bridgehead atoms. The van der Waals surface area contributed by atoms with Crippen LogP contribution >= 0.6 is 23.2 Å². The monoisotopic (exact) mass is 443 g/mol. The summed E-state index contributed by atoms with van der Waals surface area (Å²) < 4.78 is 6.00. The van der Waals surface area contributed by atoms with Gasteiger partial charge in [0.1, 0.15) is 11.3 Å². The van der Waals surface area contributed by atoms with E-state index in [1.807, 2.05) is 60.7 Å². The van der Waals surface area contributed by atoms with Crippen LogP contribution in [0.4, 0.5) is 0 Å². The highest BCUT2D eigenvalue weighted by molar-refractivity contribution is 6.37. The third-order valence-corrected chi connectivity index (χ3v) is 5.72. The van der Waals surface area contributed by atoms with Gasteiger partial charge in [0, 0.05) is 27.1 Å². The first-order valence-corrected chi connectivity index (χ1v) is 10.4. The molecule has 0 radical (unpaired) electrons. The number of aromatic nitrogens is 1. The highest BCUT2D eigenvalue weighted by Gasteiger charge is 2.11. The van der Waals surface area contributed by atoms with Crippen molar-refractivity contribution in [3.05, 3.63) is 110 Å². The molecule has 0 spiro atoms. The molecule has 0 aliphatic carbocycles. The van der Waals surface area contributed by atoms with E-state index in [0.29, 0.717) is 32.5 Å². The average Bonchev–Trinajstić information content (AvgIpc) is 2.78. The smallest absolute Gasteiger partial charge is 0.193 e. The largest absolute Gasteiger partial charge is 0.454 e. The van der Waals surface area contributed by atoms with E-state index in [1.165, 1.54) is 6.07 Å². The number of para-hydroxylation sites is 2. The highest BCUT2D eigenvalue weighted by atomic mass is 35.5. The number of halogens is 2. The van der Waals surface area contributed by atoms with Gasteiger partial charge in [0.25, 0.3) is 0 Å². The fourth-order valence-electron chi connectivity index (χ4n) is 3.54. The Kier molecular flexibility index (Phi) is 5.06. The van der Waals surface area contributed by atoms with E-state index < -0.39 is 0 Å². The maximum absolute atomic E-state index is 12.6. The molecule has 2 aromatic heterocycles. The SMILES string of the molecule is O=c1cc(-c2cc(/C=C/c3c(Cl)cccc3Cl)c3ccccc3n2)oc2ccccc12. The molecule has 0 saturated carbocycles. The molecule has 0 aliphatic rings. The maximum Gasteiger partial charge on any atom is 0.193 e. The predicted molar refractivity (Wildman–Crippen MR) is 129 cm³/mol. The molecule has 0 unspecified atom stereocenters. The van der Waals surface area contributed by atoms with Crippen molar-refractivity contribution >= 4 is 57.2 Å². The molecule has 150 valence electrons. The minimum atomic E-state index is -0.105. The van der Waals surface area contributed by atoms with E-state index in [4.69, 9.17) is 32.6 Å². The topological polar surface area (TPSA) is 43.1 Å². The van der Waals surface area contributed by atoms with Crippen LogP contribution in [0.1, 0.15) is 11.1 Å². The number of rotatable bonds is 3. The van der Waals surface area contributed by atoms with Crippen LogP contribution in [0.5, 0.6) is 0 Å². The van der Waals surface area contributed by atoms with Crippen molar-refractivity contribution in [3.8, 4) is 11.5 Å². The van der Waals surface area contributed by atoms with Gasteiger partial charge in [-0.25, -0.2) is 4.98 Å². The van der Waals surface area contributed by atoms with Gasteiger partial charge in [-0.1, -0.05) is 71.8 Å². The van der Waals surface area contributed by atoms with Crippen LogP contribution < -0.4 is 5.43 Å². The lowest BCUT2D eigenvalue weighted by atomic mass is 10.0. The zero-order chi connectivity index (χ0) is 21.4. The van der Waals surface area contributed by atoms with Gasteiger partial charge in [-0.15, -0.1) is 0 Å². The number of nitrogens with zero attached hydrogens (tertiary/aromatic N) is 1. The molecule has 5 rings (SSSR count). The quantitative estimate of drug-likeness (QED) is 0.290. The summed E-state index contributed by atoms with van der Waals surface area (Å²) in [5.41, 5.74) is 3.44. The van der Waals surface area contributed by atoms with Crippen LogP contribution in [-0.4, -0.2) is 4.98 Å². The average molecular weight is 444 g/mol. The van der Waals surface area contributed by atoms with Crippen LogP contribution in [0.3, 0.4) is 0 Å². The minimum absolute atomic E-state index is 0.105. The van der Waals surface area contributed by atoms with Gasteiger partial charge in [0.2, 0.25) is 0 Å². The summed E-state index contributed by atoms with van der Waals surface area (Å²) in [5.74, 6) is 0.417. The van der Waals surface area contributed by atoms with E-state index in [2.05, 4.69) is 0 Å². The van der Waals surface area contributed by atoms with Gasteiger partial charge in [-0.2, -0.15) is 0 Å². The first kappa shape index (κ1) is 19.6. The molecule has 0 atom stereocenters. The molecular formula is C26H15Cl2NO2. The number of fused-ring (bicyclic) bond motifs is 2. The van der Waals surface area contributed by atoms with E-state index in [1.54, 1.807) is 24.3 Å². The van der Waals surface area contributed by atoms with Crippen molar-refractivity contribution in [1.82, 2.24) is 4.98 Å². The fourth-order valence-corrected chi connectivity index (χ4v) is 4.06. The molecule has 3 nitrogen and oxygen atoms in total. The number of hydrogen-bond donors (Lipinski definition) is 0. The van der Waals surface area contributed by atoms with E-state index in [9.17, 15) is 4.79 Å². The Labute approximate surface area is 188 Å². The number of hydrogen-bond acceptors (Lipinski definition) is 3. The van der Waals surface area contributed by atoms with Crippen molar-refractivity contribution in [1.29, 1.82) is 0 Å². The molecule has 0 aliphatic heterocycles. The molecular weight excluding hydrogens is 429 g/mol. The Morgan fingerprint density at radius 3 is 2.29 bits per heavy atom. The van der Waals surface area contributed by atoms with Gasteiger partial charge >= 0.3 is 0 Å². The Morgan fingerprint density at radius 1 is 0.774 bits per heavy atom. The lowest BCUT2D eigenvalue weighted by molar-refractivity contribution is 0.616. The van der Waals surface area contributed by atoms with E-state index in [-0.39, 0.29) is 5.43 Å². The van der Waals surface area contributed by atoms with E-state index >= 15 is 0 Å². The summed E-state index contributed by atoms with van der Waals surface area (Å²) in [6, 6.07) is 23.8. The third kappa shape index (κ3) is 3.74. The van der Waals surface area contributed by atoms with Crippen molar-refractivity contribution in [2.24, 2.45) is 0 Å². The molecule has 0 amide bonds. The zero-order valence-electron chi connectivity index (χ0n) is 16.2. The predicted octanol–water partition coefficient (Wildman–Crippen LogP) is 7.49. The Balaban J connectivity index is 1.70. The van der Waals surface area contributed by atoms with Crippen LogP contribution in [0.2, 0.25) is 10.0 Å². The summed E-state index contributed by atoms with van der Waals surface area (Å²) in [7, 11) is 0. The Bertz CT molecular complexity index is 1520. The molecule has 0 saturated heterocycles. The van der Waals surface area contributed by atoms with Gasteiger partial charge in [0.05, 0.1) is 10.9 Å². The normalized spacial score (nSPS) is 11.5. The summed E-state index contributed by atoms with van der Waals surface area (Å²) in [6.45, 7) is 0. The second-order valence-electron chi connectivity index (χ2n) is 7.05. The third-order valence-electron chi connectivity index (χ3n) is 5.06. The summed E-state index contributed by atoms with van der Waals surface area (Å²) in [4.78, 5) is 17.3. The van der Waals surface area contributed by atoms with Crippen molar-refractivity contribution < 1.29 is 4.42 Å². The highest BCUT2D eigenvalue weighted by Crippen LogP contribution is 2.30. The standard InChI is InChI=1S/C26H15Cl2NO2/c27-20-8-5-9-21(28)18(20)13-12-16-14-23(29-22-10-3-1-6-17(16)22)26-15-24(30)19-7-2-4-11-25(19)31-26/h1-15H/b13-12+.